The molecule has 6 nitrogen and oxygen atoms in total. The van der Waals surface area contributed by atoms with E-state index >= 15 is 0 Å². The van der Waals surface area contributed by atoms with Crippen LogP contribution in [-0.4, -0.2) is 41.5 Å². The molecule has 2 rings (SSSR count). The zero-order chi connectivity index (χ0) is 13.7. The lowest BCUT2D eigenvalue weighted by molar-refractivity contribution is -0.121. The number of rotatable bonds is 5. The summed E-state index contributed by atoms with van der Waals surface area (Å²) < 4.78 is 0. The predicted molar refractivity (Wildman–Crippen MR) is 74.2 cm³/mol. The van der Waals surface area contributed by atoms with E-state index in [2.05, 4.69) is 20.7 Å². The van der Waals surface area contributed by atoms with E-state index < -0.39 is 0 Å². The van der Waals surface area contributed by atoms with Crippen molar-refractivity contribution in [1.29, 1.82) is 0 Å². The number of anilines is 1. The van der Waals surface area contributed by atoms with Crippen LogP contribution in [0.3, 0.4) is 0 Å². The molecule has 0 saturated carbocycles. The van der Waals surface area contributed by atoms with E-state index in [1.165, 1.54) is 0 Å². The molecule has 0 radical (unpaired) electrons. The third-order valence-corrected chi connectivity index (χ3v) is 3.41. The van der Waals surface area contributed by atoms with Crippen molar-refractivity contribution in [1.82, 2.24) is 15.3 Å². The largest absolute Gasteiger partial charge is 0.328 e. The second kappa shape index (κ2) is 6.49. The number of hydrazine groups is 1. The molecule has 1 aromatic heterocycles. The molecule has 0 aromatic carbocycles. The van der Waals surface area contributed by atoms with Crippen LogP contribution in [0.4, 0.5) is 5.82 Å². The molecule has 1 fully saturated rings. The molecule has 1 aliphatic rings. The Morgan fingerprint density at radius 3 is 3.11 bits per heavy atom. The lowest BCUT2D eigenvalue weighted by Gasteiger charge is -2.17. The van der Waals surface area contributed by atoms with Gasteiger partial charge in [0.1, 0.15) is 5.82 Å². The van der Waals surface area contributed by atoms with E-state index in [0.717, 1.165) is 19.5 Å². The molecule has 2 heterocycles. The number of pyridine rings is 1. The quantitative estimate of drug-likeness (QED) is 0.661. The van der Waals surface area contributed by atoms with Gasteiger partial charge >= 0.3 is 0 Å². The Hall–Kier alpha value is -1.66. The third-order valence-electron chi connectivity index (χ3n) is 3.41. The highest BCUT2D eigenvalue weighted by atomic mass is 16.2. The number of hydrogen-bond acceptors (Lipinski definition) is 5. The Kier molecular flexibility index (Phi) is 4.70. The summed E-state index contributed by atoms with van der Waals surface area (Å²) >= 11 is 0. The molecule has 1 amide bonds. The van der Waals surface area contributed by atoms with Gasteiger partial charge in [-0.3, -0.25) is 20.5 Å². The number of likely N-dealkylation sites (tertiary alicyclic amines) is 1. The summed E-state index contributed by atoms with van der Waals surface area (Å²) in [6, 6.07) is 5.67. The van der Waals surface area contributed by atoms with Crippen molar-refractivity contribution in [2.24, 2.45) is 11.7 Å². The van der Waals surface area contributed by atoms with Crippen LogP contribution in [-0.2, 0) is 4.79 Å². The van der Waals surface area contributed by atoms with Gasteiger partial charge in [-0.1, -0.05) is 6.07 Å². The number of carbonyl (C=O) groups is 1. The van der Waals surface area contributed by atoms with Gasteiger partial charge in [0.25, 0.3) is 5.91 Å². The number of nitrogens with one attached hydrogen (secondary N) is 2. The summed E-state index contributed by atoms with van der Waals surface area (Å²) in [6.45, 7) is 4.25. The number of hydrogen-bond donors (Lipinski definition) is 3. The normalized spacial score (nSPS) is 21.1. The Bertz CT molecular complexity index is 409. The van der Waals surface area contributed by atoms with Crippen molar-refractivity contribution < 1.29 is 4.79 Å². The molecule has 1 saturated heterocycles. The Balaban J connectivity index is 1.71. The van der Waals surface area contributed by atoms with Crippen LogP contribution in [0.1, 0.15) is 13.3 Å². The Labute approximate surface area is 113 Å². The third kappa shape index (κ3) is 4.18. The van der Waals surface area contributed by atoms with Crippen molar-refractivity contribution in [3.05, 3.63) is 24.4 Å². The Morgan fingerprint density at radius 2 is 2.47 bits per heavy atom. The zero-order valence-corrected chi connectivity index (χ0v) is 11.2. The molecule has 6 heteroatoms. The molecule has 2 atom stereocenters. The van der Waals surface area contributed by atoms with Crippen molar-refractivity contribution in [3.8, 4) is 0 Å². The second-order valence-corrected chi connectivity index (χ2v) is 5.03. The van der Waals surface area contributed by atoms with Gasteiger partial charge in [0.05, 0.1) is 6.54 Å². The number of nitrogens with two attached hydrogens (primary N) is 1. The molecule has 2 unspecified atom stereocenters. The average Bonchev–Trinajstić information content (AvgIpc) is 2.86. The van der Waals surface area contributed by atoms with E-state index in [0.29, 0.717) is 18.3 Å². The molecule has 0 spiro atoms. The highest BCUT2D eigenvalue weighted by Gasteiger charge is 2.26. The van der Waals surface area contributed by atoms with Crippen LogP contribution in [0.25, 0.3) is 0 Å². The topological polar surface area (TPSA) is 83.3 Å². The van der Waals surface area contributed by atoms with Gasteiger partial charge < -0.3 is 5.73 Å². The first-order valence-electron chi connectivity index (χ1n) is 6.59. The first-order chi connectivity index (χ1) is 9.15. The summed E-state index contributed by atoms with van der Waals surface area (Å²) in [6.07, 6.45) is 2.74. The molecule has 1 aromatic rings. The summed E-state index contributed by atoms with van der Waals surface area (Å²) in [5.41, 5.74) is 11.3. The van der Waals surface area contributed by atoms with Gasteiger partial charge in [-0.15, -0.1) is 0 Å². The number of aromatic nitrogens is 1. The lowest BCUT2D eigenvalue weighted by Crippen LogP contribution is -2.39. The monoisotopic (exact) mass is 263 g/mol. The van der Waals surface area contributed by atoms with Gasteiger partial charge in [0.2, 0.25) is 0 Å². The lowest BCUT2D eigenvalue weighted by atomic mass is 10.0. The minimum absolute atomic E-state index is 0.0593. The van der Waals surface area contributed by atoms with E-state index in [9.17, 15) is 4.79 Å². The van der Waals surface area contributed by atoms with Gasteiger partial charge in [-0.2, -0.15) is 0 Å². The molecular weight excluding hydrogens is 242 g/mol. The summed E-state index contributed by atoms with van der Waals surface area (Å²) in [7, 11) is 0. The van der Waals surface area contributed by atoms with Crippen molar-refractivity contribution >= 4 is 11.7 Å². The number of amides is 1. The molecule has 4 N–H and O–H groups in total. The van der Waals surface area contributed by atoms with E-state index in [1.807, 2.05) is 19.1 Å². The minimum Gasteiger partial charge on any atom is -0.328 e. The van der Waals surface area contributed by atoms with Crippen LogP contribution in [0.5, 0.6) is 0 Å². The van der Waals surface area contributed by atoms with Crippen LogP contribution in [0, 0.1) is 5.92 Å². The molecule has 104 valence electrons. The summed E-state index contributed by atoms with van der Waals surface area (Å²) in [4.78, 5) is 18.0. The van der Waals surface area contributed by atoms with Crippen molar-refractivity contribution in [2.75, 3.05) is 25.1 Å². The molecule has 0 bridgehead atoms. The molecule has 19 heavy (non-hydrogen) atoms. The molecular formula is C13H21N5O. The second-order valence-electron chi connectivity index (χ2n) is 5.03. The van der Waals surface area contributed by atoms with Crippen LogP contribution < -0.4 is 16.6 Å². The predicted octanol–water partition coefficient (Wildman–Crippen LogP) is 0.194. The van der Waals surface area contributed by atoms with Crippen LogP contribution in [0.2, 0.25) is 0 Å². The smallest absolute Gasteiger partial charge is 0.252 e. The highest BCUT2D eigenvalue weighted by Crippen LogP contribution is 2.17. The number of nitrogens with zero attached hydrogens (tertiary/aromatic N) is 2. The standard InChI is InChI=1S/C13H21N5O/c1-10(14)11-5-7-18(8-11)9-13(19)17-16-12-4-2-3-6-15-12/h2-4,6,10-11H,5,7-9,14H2,1H3,(H,15,16)(H,17,19). The number of carbonyl (C=O) groups excluding carboxylic acids is 1. The molecule has 0 aliphatic carbocycles. The van der Waals surface area contributed by atoms with Crippen LogP contribution in [0.15, 0.2) is 24.4 Å². The fraction of sp³-hybridized carbons (Fsp3) is 0.538. The minimum atomic E-state index is -0.0593. The maximum atomic E-state index is 11.8. The van der Waals surface area contributed by atoms with Gasteiger partial charge in [0, 0.05) is 18.8 Å². The summed E-state index contributed by atoms with van der Waals surface area (Å²) in [5, 5.41) is 0. The highest BCUT2D eigenvalue weighted by molar-refractivity contribution is 5.79. The van der Waals surface area contributed by atoms with Gasteiger partial charge in [0.15, 0.2) is 0 Å². The zero-order valence-electron chi connectivity index (χ0n) is 11.2. The fourth-order valence-corrected chi connectivity index (χ4v) is 2.25. The van der Waals surface area contributed by atoms with Gasteiger partial charge in [-0.25, -0.2) is 4.98 Å². The van der Waals surface area contributed by atoms with E-state index in [4.69, 9.17) is 5.73 Å². The fourth-order valence-electron chi connectivity index (χ4n) is 2.25. The summed E-state index contributed by atoms with van der Waals surface area (Å²) in [5.74, 6) is 1.07. The van der Waals surface area contributed by atoms with E-state index in [1.54, 1.807) is 12.3 Å². The molecule has 1 aliphatic heterocycles. The maximum absolute atomic E-state index is 11.8. The SMILES string of the molecule is CC(N)C1CCN(CC(=O)NNc2ccccn2)C1. The van der Waals surface area contributed by atoms with E-state index in [-0.39, 0.29) is 11.9 Å². The van der Waals surface area contributed by atoms with Gasteiger partial charge in [-0.05, 0) is 37.9 Å². The van der Waals surface area contributed by atoms with Crippen molar-refractivity contribution in [3.63, 3.8) is 0 Å². The first kappa shape index (κ1) is 13.8. The average molecular weight is 263 g/mol. The van der Waals surface area contributed by atoms with Crippen LogP contribution >= 0.6 is 0 Å². The Morgan fingerprint density at radius 1 is 1.63 bits per heavy atom. The maximum Gasteiger partial charge on any atom is 0.252 e. The van der Waals surface area contributed by atoms with Crippen molar-refractivity contribution in [2.45, 2.75) is 19.4 Å². The first-order valence-corrected chi connectivity index (χ1v) is 6.59.